The van der Waals surface area contributed by atoms with Gasteiger partial charge in [0.15, 0.2) is 0 Å². The summed E-state index contributed by atoms with van der Waals surface area (Å²) in [4.78, 5) is 2.65. The molecule has 0 aliphatic carbocycles. The van der Waals surface area contributed by atoms with Crippen molar-refractivity contribution in [1.82, 2.24) is 10.2 Å². The van der Waals surface area contributed by atoms with E-state index >= 15 is 0 Å². The molecule has 1 aromatic carbocycles. The average molecular weight is 258 g/mol. The molecule has 2 aliphatic heterocycles. The molecule has 0 aromatic heterocycles. The lowest BCUT2D eigenvalue weighted by atomic mass is 9.98. The van der Waals surface area contributed by atoms with E-state index in [1.165, 1.54) is 55.5 Å². The Kier molecular flexibility index (Phi) is 4.19. The van der Waals surface area contributed by atoms with Crippen molar-refractivity contribution in [3.8, 4) is 0 Å². The minimum absolute atomic E-state index is 0.967. The molecule has 0 radical (unpaired) electrons. The summed E-state index contributed by atoms with van der Waals surface area (Å²) in [5.41, 5.74) is 4.50. The van der Waals surface area contributed by atoms with E-state index in [0.29, 0.717) is 0 Å². The number of nitrogens with zero attached hydrogens (tertiary/aromatic N) is 1. The second kappa shape index (κ2) is 6.06. The third-order valence-electron chi connectivity index (χ3n) is 4.83. The molecule has 104 valence electrons. The van der Waals surface area contributed by atoms with Gasteiger partial charge < -0.3 is 5.32 Å². The fourth-order valence-corrected chi connectivity index (χ4v) is 3.50. The zero-order valence-corrected chi connectivity index (χ0v) is 12.1. The predicted octanol–water partition coefficient (Wildman–Crippen LogP) is 3.30. The van der Waals surface area contributed by atoms with Crippen molar-refractivity contribution in [2.45, 2.75) is 52.2 Å². The van der Waals surface area contributed by atoms with Crippen LogP contribution in [-0.4, -0.2) is 18.0 Å². The first-order valence-corrected chi connectivity index (χ1v) is 7.89. The second-order valence-corrected chi connectivity index (χ2v) is 6.19. The van der Waals surface area contributed by atoms with Crippen molar-refractivity contribution in [1.29, 1.82) is 0 Å². The van der Waals surface area contributed by atoms with Crippen LogP contribution in [0.4, 0.5) is 0 Å². The van der Waals surface area contributed by atoms with Crippen LogP contribution >= 0.6 is 0 Å². The molecule has 1 unspecified atom stereocenters. The number of hydrogen-bond donors (Lipinski definition) is 1. The minimum Gasteiger partial charge on any atom is -0.309 e. The van der Waals surface area contributed by atoms with Gasteiger partial charge in [-0.15, -0.1) is 0 Å². The van der Waals surface area contributed by atoms with Crippen LogP contribution in [0.2, 0.25) is 0 Å². The first-order chi connectivity index (χ1) is 9.35. The summed E-state index contributed by atoms with van der Waals surface area (Å²) in [6.07, 6.45) is 5.56. The van der Waals surface area contributed by atoms with Gasteiger partial charge in [0.1, 0.15) is 0 Å². The van der Waals surface area contributed by atoms with Gasteiger partial charge in [0.05, 0.1) is 0 Å². The third kappa shape index (κ3) is 3.18. The van der Waals surface area contributed by atoms with Gasteiger partial charge in [-0.25, -0.2) is 0 Å². The molecule has 1 N–H and O–H groups in total. The monoisotopic (exact) mass is 258 g/mol. The fourth-order valence-electron chi connectivity index (χ4n) is 3.50. The van der Waals surface area contributed by atoms with E-state index in [1.54, 1.807) is 0 Å². The summed E-state index contributed by atoms with van der Waals surface area (Å²) < 4.78 is 0. The predicted molar refractivity (Wildman–Crippen MR) is 79.9 cm³/mol. The lowest BCUT2D eigenvalue weighted by molar-refractivity contribution is 0.272. The molecule has 1 atom stereocenters. The van der Waals surface area contributed by atoms with Crippen molar-refractivity contribution >= 4 is 0 Å². The normalized spacial score (nSPS) is 24.2. The highest BCUT2D eigenvalue weighted by Gasteiger charge is 2.16. The number of rotatable bonds is 3. The van der Waals surface area contributed by atoms with Crippen molar-refractivity contribution < 1.29 is 0 Å². The summed E-state index contributed by atoms with van der Waals surface area (Å²) in [6, 6.07) is 7.06. The van der Waals surface area contributed by atoms with Crippen LogP contribution < -0.4 is 5.32 Å². The van der Waals surface area contributed by atoms with Crippen LogP contribution in [0.25, 0.3) is 0 Å². The number of likely N-dealkylation sites (tertiary alicyclic amines) is 1. The van der Waals surface area contributed by atoms with E-state index in [0.717, 1.165) is 25.6 Å². The Morgan fingerprint density at radius 3 is 2.95 bits per heavy atom. The quantitative estimate of drug-likeness (QED) is 0.895. The SMILES string of the molecule is CCC1CCCN(Cc2ccc3c(c2)CNC3)CC1. The molecular formula is C17H26N2. The van der Waals surface area contributed by atoms with E-state index in [1.807, 2.05) is 0 Å². The molecule has 0 spiro atoms. The molecule has 1 aromatic rings. The molecule has 2 heteroatoms. The third-order valence-corrected chi connectivity index (χ3v) is 4.83. The summed E-state index contributed by atoms with van der Waals surface area (Å²) in [6.45, 7) is 8.16. The molecule has 3 rings (SSSR count). The van der Waals surface area contributed by atoms with Crippen LogP contribution in [0.5, 0.6) is 0 Å². The van der Waals surface area contributed by atoms with Gasteiger partial charge in [0, 0.05) is 19.6 Å². The summed E-state index contributed by atoms with van der Waals surface area (Å²) in [5.74, 6) is 0.967. The summed E-state index contributed by atoms with van der Waals surface area (Å²) in [7, 11) is 0. The van der Waals surface area contributed by atoms with Crippen LogP contribution in [-0.2, 0) is 19.6 Å². The number of nitrogens with one attached hydrogen (secondary N) is 1. The maximum absolute atomic E-state index is 3.43. The number of benzene rings is 1. The highest BCUT2D eigenvalue weighted by Crippen LogP contribution is 2.22. The Bertz CT molecular complexity index is 427. The maximum atomic E-state index is 3.43. The van der Waals surface area contributed by atoms with Crippen molar-refractivity contribution in [2.75, 3.05) is 13.1 Å². The van der Waals surface area contributed by atoms with Gasteiger partial charge >= 0.3 is 0 Å². The topological polar surface area (TPSA) is 15.3 Å². The van der Waals surface area contributed by atoms with Gasteiger partial charge in [0.25, 0.3) is 0 Å². The first kappa shape index (κ1) is 13.1. The Morgan fingerprint density at radius 1 is 1.16 bits per heavy atom. The van der Waals surface area contributed by atoms with Crippen LogP contribution in [0.1, 0.15) is 49.3 Å². The molecule has 2 aliphatic rings. The van der Waals surface area contributed by atoms with E-state index < -0.39 is 0 Å². The Morgan fingerprint density at radius 2 is 2.05 bits per heavy atom. The molecule has 1 fully saturated rings. The molecule has 2 heterocycles. The lowest BCUT2D eigenvalue weighted by Gasteiger charge is -2.20. The van der Waals surface area contributed by atoms with Crippen molar-refractivity contribution in [3.05, 3.63) is 34.9 Å². The zero-order chi connectivity index (χ0) is 13.1. The van der Waals surface area contributed by atoms with Gasteiger partial charge in [-0.1, -0.05) is 31.5 Å². The van der Waals surface area contributed by atoms with Crippen molar-refractivity contribution in [3.63, 3.8) is 0 Å². The summed E-state index contributed by atoms with van der Waals surface area (Å²) in [5, 5.41) is 3.43. The largest absolute Gasteiger partial charge is 0.309 e. The standard InChI is InChI=1S/C17H26N2/c1-2-14-4-3-8-19(9-7-14)13-15-5-6-16-11-18-12-17(16)10-15/h5-6,10,14,18H,2-4,7-9,11-13H2,1H3. The van der Waals surface area contributed by atoms with Gasteiger partial charge in [0.2, 0.25) is 0 Å². The Labute approximate surface area is 117 Å². The van der Waals surface area contributed by atoms with E-state index in [9.17, 15) is 0 Å². The van der Waals surface area contributed by atoms with E-state index in [2.05, 4.69) is 35.3 Å². The molecule has 1 saturated heterocycles. The molecule has 0 saturated carbocycles. The van der Waals surface area contributed by atoms with E-state index in [4.69, 9.17) is 0 Å². The van der Waals surface area contributed by atoms with Crippen LogP contribution in [0, 0.1) is 5.92 Å². The van der Waals surface area contributed by atoms with Crippen molar-refractivity contribution in [2.24, 2.45) is 5.92 Å². The minimum atomic E-state index is 0.967. The smallest absolute Gasteiger partial charge is 0.0233 e. The zero-order valence-electron chi connectivity index (χ0n) is 12.1. The molecule has 2 nitrogen and oxygen atoms in total. The van der Waals surface area contributed by atoms with Gasteiger partial charge in [-0.2, -0.15) is 0 Å². The average Bonchev–Trinajstić information content (AvgIpc) is 2.77. The molecular weight excluding hydrogens is 232 g/mol. The lowest BCUT2D eigenvalue weighted by Crippen LogP contribution is -2.24. The van der Waals surface area contributed by atoms with Crippen LogP contribution in [0.3, 0.4) is 0 Å². The van der Waals surface area contributed by atoms with E-state index in [-0.39, 0.29) is 0 Å². The maximum Gasteiger partial charge on any atom is 0.0233 e. The highest BCUT2D eigenvalue weighted by molar-refractivity contribution is 5.34. The second-order valence-electron chi connectivity index (χ2n) is 6.19. The van der Waals surface area contributed by atoms with Crippen LogP contribution in [0.15, 0.2) is 18.2 Å². The highest BCUT2D eigenvalue weighted by atomic mass is 15.1. The number of fused-ring (bicyclic) bond motifs is 1. The molecule has 19 heavy (non-hydrogen) atoms. The Balaban J connectivity index is 1.61. The molecule has 0 bridgehead atoms. The van der Waals surface area contributed by atoms with Gasteiger partial charge in [-0.3, -0.25) is 4.90 Å². The number of hydrogen-bond acceptors (Lipinski definition) is 2. The molecule has 0 amide bonds. The van der Waals surface area contributed by atoms with Gasteiger partial charge in [-0.05, 0) is 55.0 Å². The fraction of sp³-hybridized carbons (Fsp3) is 0.647. The summed E-state index contributed by atoms with van der Waals surface area (Å²) >= 11 is 0. The first-order valence-electron chi connectivity index (χ1n) is 7.89. The Hall–Kier alpha value is -0.860.